The molecule has 9 heteroatoms. The van der Waals surface area contributed by atoms with E-state index < -0.39 is 5.82 Å². The average Bonchev–Trinajstić information content (AvgIpc) is 3.49. The highest BCUT2D eigenvalue weighted by molar-refractivity contribution is 6.04. The molecule has 0 saturated carbocycles. The van der Waals surface area contributed by atoms with Crippen LogP contribution in [0.1, 0.15) is 34.3 Å². The van der Waals surface area contributed by atoms with E-state index in [4.69, 9.17) is 4.98 Å². The Kier molecular flexibility index (Phi) is 6.07. The van der Waals surface area contributed by atoms with Crippen molar-refractivity contribution in [1.29, 1.82) is 0 Å². The Morgan fingerprint density at radius 1 is 1.34 bits per heavy atom. The number of rotatable bonds is 6. The van der Waals surface area contributed by atoms with Gasteiger partial charge in [-0.3, -0.25) is 14.3 Å². The first-order chi connectivity index (χ1) is 17.0. The molecule has 2 aliphatic heterocycles. The van der Waals surface area contributed by atoms with Crippen molar-refractivity contribution in [2.75, 3.05) is 18.0 Å². The lowest BCUT2D eigenvalue weighted by Crippen LogP contribution is -2.50. The van der Waals surface area contributed by atoms with Crippen molar-refractivity contribution in [2.24, 2.45) is 7.05 Å². The van der Waals surface area contributed by atoms with Gasteiger partial charge in [0.25, 0.3) is 5.91 Å². The monoisotopic (exact) mass is 474 g/mol. The van der Waals surface area contributed by atoms with Gasteiger partial charge in [-0.1, -0.05) is 36.9 Å². The molecular weight excluding hydrogens is 447 g/mol. The zero-order valence-electron chi connectivity index (χ0n) is 19.6. The van der Waals surface area contributed by atoms with Gasteiger partial charge in [0.05, 0.1) is 17.5 Å². The van der Waals surface area contributed by atoms with Crippen LogP contribution in [0.4, 0.5) is 10.2 Å². The van der Waals surface area contributed by atoms with Crippen LogP contribution in [0.3, 0.4) is 0 Å². The molecule has 8 nitrogen and oxygen atoms in total. The summed E-state index contributed by atoms with van der Waals surface area (Å²) in [4.78, 5) is 33.4. The van der Waals surface area contributed by atoms with E-state index in [1.165, 1.54) is 6.08 Å². The van der Waals surface area contributed by atoms with E-state index in [9.17, 15) is 9.59 Å². The minimum atomic E-state index is -0.505. The molecule has 1 N–H and O–H groups in total. The molecule has 1 fully saturated rings. The molecule has 35 heavy (non-hydrogen) atoms. The Balaban J connectivity index is 1.64. The SMILES string of the molecule is C=CC(=O)N1CCCC(N(Cc2ccccc2)c2nc(-c3cnn(C)c3)c3c(c2F)CNC3=O)C1. The number of nitrogens with one attached hydrogen (secondary N) is 1. The van der Waals surface area contributed by atoms with Gasteiger partial charge in [0, 0.05) is 56.6 Å². The van der Waals surface area contributed by atoms with Gasteiger partial charge in [-0.15, -0.1) is 0 Å². The topological polar surface area (TPSA) is 83.4 Å². The summed E-state index contributed by atoms with van der Waals surface area (Å²) in [5, 5.41) is 6.96. The average molecular weight is 475 g/mol. The fourth-order valence-corrected chi connectivity index (χ4v) is 4.90. The number of nitrogens with zero attached hydrogens (tertiary/aromatic N) is 5. The second kappa shape index (κ2) is 9.32. The molecule has 3 aromatic rings. The van der Waals surface area contributed by atoms with Gasteiger partial charge < -0.3 is 15.1 Å². The molecular formula is C26H27FN6O2. The van der Waals surface area contributed by atoms with Crippen LogP contribution in [0.2, 0.25) is 0 Å². The molecule has 1 atom stereocenters. The Bertz CT molecular complexity index is 1290. The maximum absolute atomic E-state index is 16.1. The number of amides is 2. The fourth-order valence-electron chi connectivity index (χ4n) is 4.90. The van der Waals surface area contributed by atoms with Crippen LogP contribution in [-0.4, -0.2) is 50.6 Å². The third kappa shape index (κ3) is 4.29. The van der Waals surface area contributed by atoms with E-state index >= 15 is 4.39 Å². The number of likely N-dealkylation sites (tertiary alicyclic amines) is 1. The zero-order valence-corrected chi connectivity index (χ0v) is 19.6. The Labute approximate surface area is 203 Å². The van der Waals surface area contributed by atoms with E-state index in [-0.39, 0.29) is 35.8 Å². The Hall–Kier alpha value is -4.01. The molecule has 2 amide bonds. The smallest absolute Gasteiger partial charge is 0.254 e. The molecule has 180 valence electrons. The fraction of sp³-hybridized carbons (Fsp3) is 0.308. The van der Waals surface area contributed by atoms with Crippen LogP contribution in [0.15, 0.2) is 55.4 Å². The molecule has 0 spiro atoms. The minimum Gasteiger partial charge on any atom is -0.348 e. The molecule has 2 aromatic heterocycles. The van der Waals surface area contributed by atoms with E-state index in [0.717, 1.165) is 18.4 Å². The Morgan fingerprint density at radius 3 is 2.86 bits per heavy atom. The number of piperidine rings is 1. The third-order valence-electron chi connectivity index (χ3n) is 6.64. The van der Waals surface area contributed by atoms with Crippen LogP contribution >= 0.6 is 0 Å². The van der Waals surface area contributed by atoms with Crippen LogP contribution < -0.4 is 10.2 Å². The maximum Gasteiger partial charge on any atom is 0.254 e. The molecule has 0 bridgehead atoms. The molecule has 5 rings (SSSR count). The minimum absolute atomic E-state index is 0.105. The molecule has 1 saturated heterocycles. The summed E-state index contributed by atoms with van der Waals surface area (Å²) in [6.45, 7) is 5.21. The number of fused-ring (bicyclic) bond motifs is 1. The number of halogens is 1. The van der Waals surface area contributed by atoms with Crippen molar-refractivity contribution >= 4 is 17.6 Å². The molecule has 0 radical (unpaired) electrons. The lowest BCUT2D eigenvalue weighted by atomic mass is 10.0. The van der Waals surface area contributed by atoms with Gasteiger partial charge in [-0.05, 0) is 24.5 Å². The summed E-state index contributed by atoms with van der Waals surface area (Å²) in [5.74, 6) is -0.802. The second-order valence-electron chi connectivity index (χ2n) is 8.93. The summed E-state index contributed by atoms with van der Waals surface area (Å²) in [7, 11) is 1.78. The van der Waals surface area contributed by atoms with Gasteiger partial charge in [0.1, 0.15) is 0 Å². The predicted octanol–water partition coefficient (Wildman–Crippen LogP) is 3.05. The number of carbonyl (C=O) groups is 2. The normalized spacial score (nSPS) is 17.1. The van der Waals surface area contributed by atoms with Crippen LogP contribution in [0.25, 0.3) is 11.3 Å². The summed E-state index contributed by atoms with van der Waals surface area (Å²) in [6, 6.07) is 9.64. The van der Waals surface area contributed by atoms with E-state index in [1.807, 2.05) is 35.2 Å². The van der Waals surface area contributed by atoms with Gasteiger partial charge >= 0.3 is 0 Å². The Morgan fingerprint density at radius 2 is 2.14 bits per heavy atom. The van der Waals surface area contributed by atoms with Crippen LogP contribution in [-0.2, 0) is 24.9 Å². The number of hydrogen-bond acceptors (Lipinski definition) is 5. The van der Waals surface area contributed by atoms with Crippen LogP contribution in [0.5, 0.6) is 0 Å². The summed E-state index contributed by atoms with van der Waals surface area (Å²) < 4.78 is 17.7. The van der Waals surface area contributed by atoms with Crippen molar-refractivity contribution in [2.45, 2.75) is 32.0 Å². The first-order valence-electron chi connectivity index (χ1n) is 11.7. The van der Waals surface area contributed by atoms with Crippen LogP contribution in [0, 0.1) is 5.82 Å². The van der Waals surface area contributed by atoms with Gasteiger partial charge in [0.2, 0.25) is 5.91 Å². The summed E-state index contributed by atoms with van der Waals surface area (Å²) in [6.07, 6.45) is 6.28. The first kappa shape index (κ1) is 22.8. The number of aromatic nitrogens is 3. The zero-order chi connectivity index (χ0) is 24.5. The first-order valence-corrected chi connectivity index (χ1v) is 11.7. The molecule has 4 heterocycles. The van der Waals surface area contributed by atoms with Crippen molar-refractivity contribution in [1.82, 2.24) is 25.0 Å². The van der Waals surface area contributed by atoms with Gasteiger partial charge in [-0.25, -0.2) is 9.37 Å². The highest BCUT2D eigenvalue weighted by atomic mass is 19.1. The molecule has 0 aliphatic carbocycles. The van der Waals surface area contributed by atoms with E-state index in [2.05, 4.69) is 17.0 Å². The number of hydrogen-bond donors (Lipinski definition) is 1. The van der Waals surface area contributed by atoms with E-state index in [1.54, 1.807) is 29.0 Å². The maximum atomic E-state index is 16.1. The lowest BCUT2D eigenvalue weighted by Gasteiger charge is -2.40. The molecule has 1 aromatic carbocycles. The van der Waals surface area contributed by atoms with Crippen molar-refractivity contribution < 1.29 is 14.0 Å². The number of pyridine rings is 1. The number of aryl methyl sites for hydroxylation is 1. The van der Waals surface area contributed by atoms with Crippen molar-refractivity contribution in [3.05, 3.63) is 77.9 Å². The predicted molar refractivity (Wildman–Crippen MR) is 130 cm³/mol. The number of carbonyl (C=O) groups excluding carboxylic acids is 2. The van der Waals surface area contributed by atoms with Gasteiger partial charge in [0.15, 0.2) is 11.6 Å². The molecule has 1 unspecified atom stereocenters. The standard InChI is InChI=1S/C26H27FN6O2/c1-3-21(34)32-11-7-10-19(16-32)33(14-17-8-5-4-6-9-17)25-23(27)20-13-28-26(35)22(20)24(30-25)18-12-29-31(2)15-18/h3-6,8-9,12,15,19H,1,7,10-11,13-14,16H2,2H3,(H,28,35). The quantitative estimate of drug-likeness (QED) is 0.556. The lowest BCUT2D eigenvalue weighted by molar-refractivity contribution is -0.127. The van der Waals surface area contributed by atoms with E-state index in [0.29, 0.717) is 36.5 Å². The summed E-state index contributed by atoms with van der Waals surface area (Å²) in [5.41, 5.74) is 2.62. The van der Waals surface area contributed by atoms with Gasteiger partial charge in [-0.2, -0.15) is 5.10 Å². The third-order valence-corrected chi connectivity index (χ3v) is 6.64. The summed E-state index contributed by atoms with van der Waals surface area (Å²) >= 11 is 0. The highest BCUT2D eigenvalue weighted by Gasteiger charge is 2.35. The number of anilines is 1. The van der Waals surface area contributed by atoms with Crippen molar-refractivity contribution in [3.63, 3.8) is 0 Å². The molecule has 2 aliphatic rings. The van der Waals surface area contributed by atoms with Crippen molar-refractivity contribution in [3.8, 4) is 11.3 Å². The largest absolute Gasteiger partial charge is 0.348 e. The second-order valence-corrected chi connectivity index (χ2v) is 8.93. The highest BCUT2D eigenvalue weighted by Crippen LogP contribution is 2.36. The number of benzene rings is 1.